The van der Waals surface area contributed by atoms with Crippen LogP contribution in [0.25, 0.3) is 0 Å². The van der Waals surface area contributed by atoms with E-state index in [4.69, 9.17) is 5.73 Å². The van der Waals surface area contributed by atoms with E-state index in [-0.39, 0.29) is 17.9 Å². The Labute approximate surface area is 106 Å². The van der Waals surface area contributed by atoms with Gasteiger partial charge < -0.3 is 11.1 Å². The van der Waals surface area contributed by atoms with Gasteiger partial charge in [-0.15, -0.1) is 0 Å². The smallest absolute Gasteiger partial charge is 0.224 e. The van der Waals surface area contributed by atoms with Crippen molar-refractivity contribution in [3.8, 4) is 0 Å². The molecule has 1 rings (SSSR count). The van der Waals surface area contributed by atoms with Gasteiger partial charge in [-0.25, -0.2) is 0 Å². The van der Waals surface area contributed by atoms with Crippen molar-refractivity contribution in [3.63, 3.8) is 0 Å². The second-order valence-corrected chi connectivity index (χ2v) is 5.26. The summed E-state index contributed by atoms with van der Waals surface area (Å²) in [5.41, 5.74) is 5.90. The van der Waals surface area contributed by atoms with Crippen LogP contribution in [0, 0.1) is 5.92 Å². The van der Waals surface area contributed by atoms with Crippen LogP contribution in [0.4, 0.5) is 0 Å². The Hall–Kier alpha value is -0.570. The molecular formula is C14H28N2O. The molecular weight excluding hydrogens is 212 g/mol. The fourth-order valence-corrected chi connectivity index (χ4v) is 2.56. The molecule has 3 N–H and O–H groups in total. The highest BCUT2D eigenvalue weighted by Crippen LogP contribution is 2.23. The van der Waals surface area contributed by atoms with Gasteiger partial charge in [0, 0.05) is 12.6 Å². The molecule has 100 valence electrons. The molecule has 3 heteroatoms. The predicted molar refractivity (Wildman–Crippen MR) is 71.7 cm³/mol. The Bertz CT molecular complexity index is 218. The van der Waals surface area contributed by atoms with Crippen molar-refractivity contribution >= 4 is 5.91 Å². The summed E-state index contributed by atoms with van der Waals surface area (Å²) in [4.78, 5) is 11.8. The Morgan fingerprint density at radius 3 is 2.53 bits per heavy atom. The number of nitrogens with one attached hydrogen (secondary N) is 1. The van der Waals surface area contributed by atoms with Crippen molar-refractivity contribution in [1.29, 1.82) is 0 Å². The van der Waals surface area contributed by atoms with E-state index in [1.165, 1.54) is 32.1 Å². The monoisotopic (exact) mass is 240 g/mol. The first-order valence-electron chi connectivity index (χ1n) is 7.29. The summed E-state index contributed by atoms with van der Waals surface area (Å²) < 4.78 is 0. The number of carbonyl (C=O) groups excluding carboxylic acids is 1. The van der Waals surface area contributed by atoms with Crippen molar-refractivity contribution in [2.24, 2.45) is 11.7 Å². The molecule has 0 aliphatic heterocycles. The molecule has 0 spiro atoms. The summed E-state index contributed by atoms with van der Waals surface area (Å²) in [6, 6.07) is 0.0968. The highest BCUT2D eigenvalue weighted by atomic mass is 16.1. The van der Waals surface area contributed by atoms with Gasteiger partial charge in [-0.1, -0.05) is 45.4 Å². The fourth-order valence-electron chi connectivity index (χ4n) is 2.56. The third-order valence-corrected chi connectivity index (χ3v) is 3.74. The number of hydrogen-bond donors (Lipinski definition) is 2. The van der Waals surface area contributed by atoms with Crippen molar-refractivity contribution in [2.75, 3.05) is 6.54 Å². The Kier molecular flexibility index (Phi) is 7.25. The zero-order valence-corrected chi connectivity index (χ0v) is 11.2. The summed E-state index contributed by atoms with van der Waals surface area (Å²) >= 11 is 0. The third-order valence-electron chi connectivity index (χ3n) is 3.74. The van der Waals surface area contributed by atoms with Crippen LogP contribution >= 0.6 is 0 Å². The van der Waals surface area contributed by atoms with E-state index in [0.29, 0.717) is 0 Å². The molecule has 2 unspecified atom stereocenters. The predicted octanol–water partition coefficient (Wildman–Crippen LogP) is 2.59. The summed E-state index contributed by atoms with van der Waals surface area (Å²) in [6.07, 6.45) is 10.7. The average molecular weight is 240 g/mol. The molecule has 1 aliphatic rings. The van der Waals surface area contributed by atoms with E-state index in [2.05, 4.69) is 12.2 Å². The van der Waals surface area contributed by atoms with Crippen molar-refractivity contribution in [1.82, 2.24) is 5.32 Å². The zero-order valence-electron chi connectivity index (χ0n) is 11.2. The van der Waals surface area contributed by atoms with Gasteiger partial charge >= 0.3 is 0 Å². The molecule has 0 aromatic rings. The van der Waals surface area contributed by atoms with Crippen molar-refractivity contribution in [2.45, 2.75) is 70.8 Å². The van der Waals surface area contributed by atoms with Gasteiger partial charge in [-0.2, -0.15) is 0 Å². The average Bonchev–Trinajstić information content (AvgIpc) is 2.74. The molecule has 3 nitrogen and oxygen atoms in total. The minimum Gasteiger partial charge on any atom is -0.356 e. The van der Waals surface area contributed by atoms with Gasteiger partial charge in [0.1, 0.15) is 0 Å². The molecule has 1 saturated carbocycles. The first-order chi connectivity index (χ1) is 8.25. The maximum absolute atomic E-state index is 11.8. The number of amides is 1. The van der Waals surface area contributed by atoms with Crippen LogP contribution in [0.1, 0.15) is 64.7 Å². The molecule has 0 radical (unpaired) electrons. The minimum absolute atomic E-state index is 0.0788. The van der Waals surface area contributed by atoms with E-state index in [9.17, 15) is 4.79 Å². The van der Waals surface area contributed by atoms with Gasteiger partial charge in [-0.3, -0.25) is 4.79 Å². The summed E-state index contributed by atoms with van der Waals surface area (Å²) in [7, 11) is 0. The maximum Gasteiger partial charge on any atom is 0.224 e. The van der Waals surface area contributed by atoms with E-state index in [1.54, 1.807) is 0 Å². The van der Waals surface area contributed by atoms with E-state index in [1.807, 2.05) is 0 Å². The number of nitrogens with two attached hydrogens (primary N) is 1. The van der Waals surface area contributed by atoms with Gasteiger partial charge in [0.15, 0.2) is 0 Å². The lowest BCUT2D eigenvalue weighted by atomic mass is 10.0. The molecule has 0 aromatic carbocycles. The topological polar surface area (TPSA) is 55.1 Å². The quantitative estimate of drug-likeness (QED) is 0.641. The first kappa shape index (κ1) is 14.5. The van der Waals surface area contributed by atoms with Crippen LogP contribution < -0.4 is 11.1 Å². The SMILES string of the molecule is CCCCCCCCNC(=O)C1CCCC1N. The number of hydrogen-bond acceptors (Lipinski definition) is 2. The van der Waals surface area contributed by atoms with Gasteiger partial charge in [-0.05, 0) is 19.3 Å². The maximum atomic E-state index is 11.8. The molecule has 0 bridgehead atoms. The highest BCUT2D eigenvalue weighted by Gasteiger charge is 2.29. The van der Waals surface area contributed by atoms with Crippen LogP contribution in [0.2, 0.25) is 0 Å². The first-order valence-corrected chi connectivity index (χ1v) is 7.29. The molecule has 0 heterocycles. The number of unbranched alkanes of at least 4 members (excludes halogenated alkanes) is 5. The van der Waals surface area contributed by atoms with E-state index in [0.717, 1.165) is 32.2 Å². The minimum atomic E-state index is 0.0788. The van der Waals surface area contributed by atoms with Crippen molar-refractivity contribution in [3.05, 3.63) is 0 Å². The Balaban J connectivity index is 1.97. The standard InChI is InChI=1S/C14H28N2O/c1-2-3-4-5-6-7-11-16-14(17)12-9-8-10-13(12)15/h12-13H,2-11,15H2,1H3,(H,16,17). The Morgan fingerprint density at radius 1 is 1.18 bits per heavy atom. The van der Waals surface area contributed by atoms with Gasteiger partial charge in [0.25, 0.3) is 0 Å². The summed E-state index contributed by atoms with van der Waals surface area (Å²) in [5.74, 6) is 0.263. The van der Waals surface area contributed by atoms with E-state index < -0.39 is 0 Å². The molecule has 1 amide bonds. The van der Waals surface area contributed by atoms with Crippen LogP contribution in [-0.4, -0.2) is 18.5 Å². The summed E-state index contributed by atoms with van der Waals surface area (Å²) in [6.45, 7) is 3.05. The number of rotatable bonds is 8. The van der Waals surface area contributed by atoms with E-state index >= 15 is 0 Å². The van der Waals surface area contributed by atoms with Crippen LogP contribution in [0.5, 0.6) is 0 Å². The second kappa shape index (κ2) is 8.51. The van der Waals surface area contributed by atoms with Crippen LogP contribution in [0.3, 0.4) is 0 Å². The van der Waals surface area contributed by atoms with Crippen LogP contribution in [0.15, 0.2) is 0 Å². The normalized spacial score (nSPS) is 23.9. The highest BCUT2D eigenvalue weighted by molar-refractivity contribution is 5.79. The van der Waals surface area contributed by atoms with Crippen LogP contribution in [-0.2, 0) is 4.79 Å². The zero-order chi connectivity index (χ0) is 12.5. The molecule has 0 aromatic heterocycles. The second-order valence-electron chi connectivity index (χ2n) is 5.26. The molecule has 0 saturated heterocycles. The Morgan fingerprint density at radius 2 is 1.88 bits per heavy atom. The summed E-state index contributed by atoms with van der Waals surface area (Å²) in [5, 5.41) is 3.03. The molecule has 2 atom stereocenters. The lowest BCUT2D eigenvalue weighted by Crippen LogP contribution is -2.38. The van der Waals surface area contributed by atoms with Crippen molar-refractivity contribution < 1.29 is 4.79 Å². The fraction of sp³-hybridized carbons (Fsp3) is 0.929. The lowest BCUT2D eigenvalue weighted by molar-refractivity contribution is -0.125. The lowest BCUT2D eigenvalue weighted by Gasteiger charge is -2.14. The van der Waals surface area contributed by atoms with Gasteiger partial charge in [0.2, 0.25) is 5.91 Å². The largest absolute Gasteiger partial charge is 0.356 e. The molecule has 1 aliphatic carbocycles. The molecule has 1 fully saturated rings. The molecule has 17 heavy (non-hydrogen) atoms. The van der Waals surface area contributed by atoms with Gasteiger partial charge in [0.05, 0.1) is 5.92 Å². The third kappa shape index (κ3) is 5.53. The number of carbonyl (C=O) groups is 1.